The third-order valence-corrected chi connectivity index (χ3v) is 3.76. The van der Waals surface area contributed by atoms with Gasteiger partial charge in [0.15, 0.2) is 0 Å². The third-order valence-electron chi connectivity index (χ3n) is 3.76. The lowest BCUT2D eigenvalue weighted by Gasteiger charge is -2.16. The number of hydrogen-bond acceptors (Lipinski definition) is 3. The van der Waals surface area contributed by atoms with Crippen LogP contribution < -0.4 is 0 Å². The summed E-state index contributed by atoms with van der Waals surface area (Å²) in [7, 11) is 3.71. The fraction of sp³-hybridized carbons (Fsp3) is 0.312. The maximum atomic E-state index is 12.5. The number of nitrogens with one attached hydrogen (secondary N) is 1. The molecule has 0 saturated heterocycles. The molecule has 0 aliphatic heterocycles. The first-order valence-electron chi connectivity index (χ1n) is 7.32. The maximum absolute atomic E-state index is 12.5. The highest BCUT2D eigenvalue weighted by atomic mass is 16.2. The van der Waals surface area contributed by atoms with Crippen LogP contribution in [0.15, 0.2) is 30.9 Å². The van der Waals surface area contributed by atoms with Gasteiger partial charge in [-0.1, -0.05) is 6.92 Å². The summed E-state index contributed by atoms with van der Waals surface area (Å²) in [5.41, 5.74) is 3.21. The number of aromatic nitrogens is 4. The molecule has 114 valence electrons. The molecule has 0 radical (unpaired) electrons. The van der Waals surface area contributed by atoms with Crippen molar-refractivity contribution in [2.24, 2.45) is 7.05 Å². The summed E-state index contributed by atoms with van der Waals surface area (Å²) < 4.78 is 1.85. The number of hydrogen-bond donors (Lipinski definition) is 1. The predicted octanol–water partition coefficient (Wildman–Crippen LogP) is 2.45. The minimum Gasteiger partial charge on any atom is -0.346 e. The van der Waals surface area contributed by atoms with Gasteiger partial charge in [-0.2, -0.15) is 0 Å². The zero-order valence-electron chi connectivity index (χ0n) is 13.0. The van der Waals surface area contributed by atoms with Crippen LogP contribution in [0, 0.1) is 0 Å². The summed E-state index contributed by atoms with van der Waals surface area (Å²) in [4.78, 5) is 25.9. The molecule has 3 rings (SSSR count). The Morgan fingerprint density at radius 1 is 1.41 bits per heavy atom. The van der Waals surface area contributed by atoms with Crippen LogP contribution in [0.1, 0.15) is 23.8 Å². The Labute approximate surface area is 128 Å². The molecule has 6 nitrogen and oxygen atoms in total. The fourth-order valence-corrected chi connectivity index (χ4v) is 2.64. The smallest absolute Gasteiger partial charge is 0.270 e. The SMILES string of the molecule is CCCN(C)C(=O)c1cc(-c2ncnc3[nH]ccc23)cn1C. The average Bonchev–Trinajstić information content (AvgIpc) is 3.12. The highest BCUT2D eigenvalue weighted by Crippen LogP contribution is 2.26. The number of aryl methyl sites for hydroxylation is 1. The number of aromatic amines is 1. The largest absolute Gasteiger partial charge is 0.346 e. The molecule has 6 heteroatoms. The summed E-state index contributed by atoms with van der Waals surface area (Å²) in [5.74, 6) is 0.0231. The summed E-state index contributed by atoms with van der Waals surface area (Å²) in [5, 5.41) is 0.953. The number of nitrogens with zero attached hydrogens (tertiary/aromatic N) is 4. The van der Waals surface area contributed by atoms with E-state index in [1.807, 2.05) is 43.2 Å². The summed E-state index contributed by atoms with van der Waals surface area (Å²) in [6.45, 7) is 2.80. The van der Waals surface area contributed by atoms with E-state index >= 15 is 0 Å². The lowest BCUT2D eigenvalue weighted by Crippen LogP contribution is -2.28. The number of fused-ring (bicyclic) bond motifs is 1. The lowest BCUT2D eigenvalue weighted by atomic mass is 10.1. The Hall–Kier alpha value is -2.63. The van der Waals surface area contributed by atoms with Crippen molar-refractivity contribution in [2.45, 2.75) is 13.3 Å². The molecule has 22 heavy (non-hydrogen) atoms. The van der Waals surface area contributed by atoms with Crippen LogP contribution in [-0.2, 0) is 7.05 Å². The monoisotopic (exact) mass is 297 g/mol. The molecule has 0 aliphatic rings. The Kier molecular flexibility index (Phi) is 3.66. The number of carbonyl (C=O) groups excluding carboxylic acids is 1. The van der Waals surface area contributed by atoms with Crippen LogP contribution in [0.25, 0.3) is 22.3 Å². The van der Waals surface area contributed by atoms with E-state index in [-0.39, 0.29) is 5.91 Å². The van der Waals surface area contributed by atoms with Gasteiger partial charge in [-0.15, -0.1) is 0 Å². The Balaban J connectivity index is 2.02. The molecule has 3 heterocycles. The van der Waals surface area contributed by atoms with Gasteiger partial charge in [0.2, 0.25) is 0 Å². The standard InChI is InChI=1S/C16H19N5O/c1-4-7-20(2)16(22)13-8-11(9-21(13)3)14-12-5-6-17-15(12)19-10-18-14/h5-6,8-10H,4,7H2,1-3H3,(H,17,18,19). The number of rotatable bonds is 4. The molecular weight excluding hydrogens is 278 g/mol. The van der Waals surface area contributed by atoms with Gasteiger partial charge >= 0.3 is 0 Å². The lowest BCUT2D eigenvalue weighted by molar-refractivity contribution is 0.0786. The number of carbonyl (C=O) groups is 1. The third kappa shape index (κ3) is 2.36. The zero-order valence-corrected chi connectivity index (χ0v) is 13.0. The minimum atomic E-state index is 0.0231. The van der Waals surface area contributed by atoms with Gasteiger partial charge in [0, 0.05) is 44.0 Å². The molecule has 3 aromatic heterocycles. The van der Waals surface area contributed by atoms with Crippen molar-refractivity contribution in [3.63, 3.8) is 0 Å². The highest BCUT2D eigenvalue weighted by molar-refractivity contribution is 5.96. The average molecular weight is 297 g/mol. The van der Waals surface area contributed by atoms with Crippen molar-refractivity contribution < 1.29 is 4.79 Å². The van der Waals surface area contributed by atoms with E-state index in [1.165, 1.54) is 6.33 Å². The molecule has 0 unspecified atom stereocenters. The summed E-state index contributed by atoms with van der Waals surface area (Å²) in [6.07, 6.45) is 6.25. The van der Waals surface area contributed by atoms with Crippen LogP contribution in [0.5, 0.6) is 0 Å². The van der Waals surface area contributed by atoms with Crippen molar-refractivity contribution in [3.8, 4) is 11.3 Å². The molecule has 1 N–H and O–H groups in total. The number of H-pyrrole nitrogens is 1. The molecule has 0 fully saturated rings. The van der Waals surface area contributed by atoms with Crippen molar-refractivity contribution in [2.75, 3.05) is 13.6 Å². The summed E-state index contributed by atoms with van der Waals surface area (Å²) in [6, 6.07) is 3.84. The second-order valence-corrected chi connectivity index (χ2v) is 5.41. The van der Waals surface area contributed by atoms with Gasteiger partial charge in [-0.3, -0.25) is 4.79 Å². The van der Waals surface area contributed by atoms with E-state index in [2.05, 4.69) is 21.9 Å². The van der Waals surface area contributed by atoms with E-state index in [4.69, 9.17) is 0 Å². The highest BCUT2D eigenvalue weighted by Gasteiger charge is 2.18. The Morgan fingerprint density at radius 3 is 3.00 bits per heavy atom. The van der Waals surface area contributed by atoms with Gasteiger partial charge in [-0.25, -0.2) is 9.97 Å². The van der Waals surface area contributed by atoms with E-state index < -0.39 is 0 Å². The van der Waals surface area contributed by atoms with Crippen molar-refractivity contribution >= 4 is 16.9 Å². The van der Waals surface area contributed by atoms with Gasteiger partial charge < -0.3 is 14.5 Å². The molecule has 0 spiro atoms. The van der Waals surface area contributed by atoms with E-state index in [0.29, 0.717) is 5.69 Å². The van der Waals surface area contributed by atoms with Gasteiger partial charge in [0.25, 0.3) is 5.91 Å². The van der Waals surface area contributed by atoms with Crippen LogP contribution in [-0.4, -0.2) is 43.9 Å². The van der Waals surface area contributed by atoms with Crippen LogP contribution in [0.2, 0.25) is 0 Å². The van der Waals surface area contributed by atoms with Gasteiger partial charge in [0.1, 0.15) is 17.7 Å². The molecular formula is C16H19N5O. The van der Waals surface area contributed by atoms with E-state index in [1.54, 1.807) is 4.90 Å². The van der Waals surface area contributed by atoms with Gasteiger partial charge in [-0.05, 0) is 18.6 Å². The van der Waals surface area contributed by atoms with Crippen LogP contribution in [0.4, 0.5) is 0 Å². The first-order chi connectivity index (χ1) is 10.6. The molecule has 0 aromatic carbocycles. The molecule has 0 saturated carbocycles. The molecule has 0 aliphatic carbocycles. The van der Waals surface area contributed by atoms with Crippen molar-refractivity contribution in [3.05, 3.63) is 36.5 Å². The van der Waals surface area contributed by atoms with Crippen molar-refractivity contribution in [1.82, 2.24) is 24.4 Å². The first kappa shape index (κ1) is 14.3. The fourth-order valence-electron chi connectivity index (χ4n) is 2.64. The zero-order chi connectivity index (χ0) is 15.7. The van der Waals surface area contributed by atoms with E-state index in [0.717, 1.165) is 35.3 Å². The van der Waals surface area contributed by atoms with Crippen molar-refractivity contribution in [1.29, 1.82) is 0 Å². The van der Waals surface area contributed by atoms with Crippen LogP contribution in [0.3, 0.4) is 0 Å². The second-order valence-electron chi connectivity index (χ2n) is 5.41. The quantitative estimate of drug-likeness (QED) is 0.804. The normalized spacial score (nSPS) is 11.0. The Bertz CT molecular complexity index is 817. The Morgan fingerprint density at radius 2 is 2.23 bits per heavy atom. The van der Waals surface area contributed by atoms with E-state index in [9.17, 15) is 4.79 Å². The summed E-state index contributed by atoms with van der Waals surface area (Å²) >= 11 is 0. The molecule has 1 amide bonds. The molecule has 0 atom stereocenters. The maximum Gasteiger partial charge on any atom is 0.270 e. The predicted molar refractivity (Wildman–Crippen MR) is 85.5 cm³/mol. The van der Waals surface area contributed by atoms with Gasteiger partial charge in [0.05, 0.1) is 5.69 Å². The topological polar surface area (TPSA) is 66.8 Å². The molecule has 3 aromatic rings. The second kappa shape index (κ2) is 5.63. The first-order valence-corrected chi connectivity index (χ1v) is 7.32. The number of amides is 1. The minimum absolute atomic E-state index is 0.0231. The molecule has 0 bridgehead atoms. The van der Waals surface area contributed by atoms with Crippen LogP contribution >= 0.6 is 0 Å².